The SMILES string of the molecule is C[C@@H]1c2ccsc2CCN1C(=O)CCCCCNS(=O)(=O)c1ccc2c(c1)OCCO2. The van der Waals surface area contributed by atoms with Gasteiger partial charge in [0.2, 0.25) is 15.9 Å². The Labute approximate surface area is 187 Å². The summed E-state index contributed by atoms with van der Waals surface area (Å²) in [4.78, 5) is 16.2. The summed E-state index contributed by atoms with van der Waals surface area (Å²) < 4.78 is 38.5. The van der Waals surface area contributed by atoms with Gasteiger partial charge >= 0.3 is 0 Å². The molecule has 2 aliphatic heterocycles. The first-order chi connectivity index (χ1) is 15.0. The van der Waals surface area contributed by atoms with Crippen molar-refractivity contribution in [1.82, 2.24) is 9.62 Å². The van der Waals surface area contributed by atoms with Gasteiger partial charge in [-0.25, -0.2) is 13.1 Å². The molecule has 0 unspecified atom stereocenters. The molecule has 0 spiro atoms. The second kappa shape index (κ2) is 9.58. The average Bonchev–Trinajstić information content (AvgIpc) is 3.25. The molecule has 1 N–H and O–H groups in total. The third kappa shape index (κ3) is 5.05. The molecule has 7 nitrogen and oxygen atoms in total. The number of carbonyl (C=O) groups is 1. The van der Waals surface area contributed by atoms with Crippen LogP contribution in [-0.4, -0.2) is 45.5 Å². The molecular formula is C22H28N2O5S2. The van der Waals surface area contributed by atoms with Crippen molar-refractivity contribution < 1.29 is 22.7 Å². The highest BCUT2D eigenvalue weighted by Gasteiger charge is 2.27. The number of amides is 1. The number of carbonyl (C=O) groups excluding carboxylic acids is 1. The van der Waals surface area contributed by atoms with E-state index in [9.17, 15) is 13.2 Å². The Morgan fingerprint density at radius 1 is 1.16 bits per heavy atom. The van der Waals surface area contributed by atoms with Gasteiger partial charge in [-0.1, -0.05) is 6.42 Å². The van der Waals surface area contributed by atoms with Gasteiger partial charge < -0.3 is 14.4 Å². The summed E-state index contributed by atoms with van der Waals surface area (Å²) in [7, 11) is -3.60. The van der Waals surface area contributed by atoms with Crippen molar-refractivity contribution in [3.05, 3.63) is 40.1 Å². The van der Waals surface area contributed by atoms with Crippen molar-refractivity contribution in [2.24, 2.45) is 0 Å². The van der Waals surface area contributed by atoms with Crippen LogP contribution < -0.4 is 14.2 Å². The number of ether oxygens (including phenoxy) is 2. The number of nitrogens with one attached hydrogen (secondary N) is 1. The number of sulfonamides is 1. The molecule has 0 saturated carbocycles. The van der Waals surface area contributed by atoms with Gasteiger partial charge in [0.1, 0.15) is 13.2 Å². The van der Waals surface area contributed by atoms with E-state index in [-0.39, 0.29) is 16.8 Å². The van der Waals surface area contributed by atoms with Gasteiger partial charge in [0, 0.05) is 30.5 Å². The molecule has 1 aromatic heterocycles. The van der Waals surface area contributed by atoms with E-state index >= 15 is 0 Å². The maximum absolute atomic E-state index is 12.6. The predicted molar refractivity (Wildman–Crippen MR) is 119 cm³/mol. The van der Waals surface area contributed by atoms with E-state index in [4.69, 9.17) is 9.47 Å². The zero-order valence-corrected chi connectivity index (χ0v) is 19.3. The maximum atomic E-state index is 12.6. The van der Waals surface area contributed by atoms with Gasteiger partial charge in [0.15, 0.2) is 11.5 Å². The highest BCUT2D eigenvalue weighted by Crippen LogP contribution is 2.33. The van der Waals surface area contributed by atoms with E-state index in [0.717, 1.165) is 25.8 Å². The first kappa shape index (κ1) is 22.1. The number of hydrogen-bond acceptors (Lipinski definition) is 6. The highest BCUT2D eigenvalue weighted by molar-refractivity contribution is 7.89. The molecule has 0 radical (unpaired) electrons. The Kier molecular flexibility index (Phi) is 6.83. The Morgan fingerprint density at radius 3 is 2.81 bits per heavy atom. The normalized spacial score (nSPS) is 18.0. The van der Waals surface area contributed by atoms with Crippen LogP contribution in [0.4, 0.5) is 0 Å². The minimum absolute atomic E-state index is 0.139. The molecule has 168 valence electrons. The minimum Gasteiger partial charge on any atom is -0.486 e. The summed E-state index contributed by atoms with van der Waals surface area (Å²) in [5.74, 6) is 1.20. The fraction of sp³-hybridized carbons (Fsp3) is 0.500. The largest absolute Gasteiger partial charge is 0.486 e. The Balaban J connectivity index is 1.19. The number of thiophene rings is 1. The van der Waals surface area contributed by atoms with E-state index < -0.39 is 10.0 Å². The molecule has 0 saturated heterocycles. The number of nitrogens with zero attached hydrogens (tertiary/aromatic N) is 1. The van der Waals surface area contributed by atoms with Crippen LogP contribution in [0, 0.1) is 0 Å². The fourth-order valence-corrected chi connectivity index (χ4v) is 6.10. The average molecular weight is 465 g/mol. The zero-order valence-electron chi connectivity index (χ0n) is 17.6. The molecule has 1 atom stereocenters. The van der Waals surface area contributed by atoms with Crippen molar-refractivity contribution in [2.75, 3.05) is 26.3 Å². The summed E-state index contributed by atoms with van der Waals surface area (Å²) in [6.07, 6.45) is 3.66. The summed E-state index contributed by atoms with van der Waals surface area (Å²) in [6, 6.07) is 6.90. The van der Waals surface area contributed by atoms with Crippen molar-refractivity contribution in [2.45, 2.75) is 50.0 Å². The molecule has 9 heteroatoms. The van der Waals surface area contributed by atoms with Crippen LogP contribution in [0.2, 0.25) is 0 Å². The molecule has 4 rings (SSSR count). The van der Waals surface area contributed by atoms with Crippen LogP contribution in [0.5, 0.6) is 11.5 Å². The molecule has 0 aliphatic carbocycles. The molecule has 0 bridgehead atoms. The van der Waals surface area contributed by atoms with Crippen LogP contribution in [0.15, 0.2) is 34.5 Å². The van der Waals surface area contributed by atoms with E-state index in [1.54, 1.807) is 17.4 Å². The van der Waals surface area contributed by atoms with Gasteiger partial charge in [0.25, 0.3) is 0 Å². The van der Waals surface area contributed by atoms with E-state index in [1.807, 2.05) is 4.90 Å². The van der Waals surface area contributed by atoms with Crippen LogP contribution in [0.1, 0.15) is 49.1 Å². The fourth-order valence-electron chi connectivity index (χ4n) is 4.05. The van der Waals surface area contributed by atoms with Crippen molar-refractivity contribution in [3.63, 3.8) is 0 Å². The Bertz CT molecular complexity index is 1030. The lowest BCUT2D eigenvalue weighted by Crippen LogP contribution is -2.38. The smallest absolute Gasteiger partial charge is 0.240 e. The minimum atomic E-state index is -3.60. The topological polar surface area (TPSA) is 84.9 Å². The standard InChI is InChI=1S/C22H28N2O5S2/c1-16-18-9-14-30-21(18)8-11-24(16)22(25)5-3-2-4-10-23-31(26,27)17-6-7-19-20(15-17)29-13-12-28-19/h6-7,9,14-16,23H,2-5,8,10-13H2,1H3/t16-/m1/s1. The van der Waals surface area contributed by atoms with Crippen LogP contribution in [0.3, 0.4) is 0 Å². The Hall–Kier alpha value is -2.10. The number of fused-ring (bicyclic) bond motifs is 2. The van der Waals surface area contributed by atoms with Crippen LogP contribution in [-0.2, 0) is 21.2 Å². The predicted octanol–water partition coefficient (Wildman–Crippen LogP) is 3.50. The third-order valence-corrected chi connectivity index (χ3v) is 8.24. The second-order valence-corrected chi connectivity index (χ2v) is 10.6. The molecule has 2 aromatic rings. The number of benzene rings is 1. The van der Waals surface area contributed by atoms with Crippen LogP contribution in [0.25, 0.3) is 0 Å². The highest BCUT2D eigenvalue weighted by atomic mass is 32.2. The molecular weight excluding hydrogens is 436 g/mol. The van der Waals surface area contributed by atoms with Gasteiger partial charge in [-0.15, -0.1) is 11.3 Å². The first-order valence-electron chi connectivity index (χ1n) is 10.7. The number of hydrogen-bond donors (Lipinski definition) is 1. The molecule has 1 aromatic carbocycles. The van der Waals surface area contributed by atoms with Gasteiger partial charge in [-0.05, 0) is 55.3 Å². The molecule has 0 fully saturated rings. The van der Waals surface area contributed by atoms with Gasteiger partial charge in [-0.2, -0.15) is 0 Å². The molecule has 2 aliphatic rings. The van der Waals surface area contributed by atoms with E-state index in [2.05, 4.69) is 23.1 Å². The van der Waals surface area contributed by atoms with Crippen molar-refractivity contribution in [1.29, 1.82) is 0 Å². The molecule has 1 amide bonds. The number of rotatable bonds is 8. The van der Waals surface area contributed by atoms with Gasteiger partial charge in [0.05, 0.1) is 10.9 Å². The number of unbranched alkanes of at least 4 members (excludes halogenated alkanes) is 2. The van der Waals surface area contributed by atoms with Crippen molar-refractivity contribution in [3.8, 4) is 11.5 Å². The summed E-state index contributed by atoms with van der Waals surface area (Å²) >= 11 is 1.77. The lowest BCUT2D eigenvalue weighted by atomic mass is 10.0. The second-order valence-electron chi connectivity index (χ2n) is 7.83. The third-order valence-electron chi connectivity index (χ3n) is 5.78. The van der Waals surface area contributed by atoms with Crippen LogP contribution >= 0.6 is 11.3 Å². The van der Waals surface area contributed by atoms with E-state index in [1.165, 1.54) is 22.6 Å². The van der Waals surface area contributed by atoms with Gasteiger partial charge in [-0.3, -0.25) is 4.79 Å². The molecule has 31 heavy (non-hydrogen) atoms. The maximum Gasteiger partial charge on any atom is 0.240 e. The van der Waals surface area contributed by atoms with E-state index in [0.29, 0.717) is 44.1 Å². The summed E-state index contributed by atoms with van der Waals surface area (Å²) in [5, 5.41) is 2.10. The molecule has 3 heterocycles. The lowest BCUT2D eigenvalue weighted by Gasteiger charge is -2.33. The quantitative estimate of drug-likeness (QED) is 0.605. The first-order valence-corrected chi connectivity index (χ1v) is 13.1. The Morgan fingerprint density at radius 2 is 1.97 bits per heavy atom. The monoisotopic (exact) mass is 464 g/mol. The zero-order chi connectivity index (χ0) is 21.8. The lowest BCUT2D eigenvalue weighted by molar-refractivity contribution is -0.133. The summed E-state index contributed by atoms with van der Waals surface area (Å²) in [5.41, 5.74) is 1.28. The summed E-state index contributed by atoms with van der Waals surface area (Å²) in [6.45, 7) is 4.08. The van der Waals surface area contributed by atoms with Crippen molar-refractivity contribution >= 4 is 27.3 Å².